The van der Waals surface area contributed by atoms with Crippen molar-refractivity contribution in [1.29, 1.82) is 5.26 Å². The van der Waals surface area contributed by atoms with E-state index in [1.54, 1.807) is 6.20 Å². The van der Waals surface area contributed by atoms with Gasteiger partial charge in [-0.3, -0.25) is 4.79 Å². The number of nitrogens with one attached hydrogen (secondary N) is 1. The van der Waals surface area contributed by atoms with E-state index in [1.807, 2.05) is 48.3 Å². The van der Waals surface area contributed by atoms with Gasteiger partial charge in [0.05, 0.1) is 0 Å². The smallest absolute Gasteiger partial charge is 0.263 e. The first kappa shape index (κ1) is 17.0. The minimum absolute atomic E-state index is 0.155. The van der Waals surface area contributed by atoms with Gasteiger partial charge in [-0.25, -0.2) is 0 Å². The van der Waals surface area contributed by atoms with Crippen molar-refractivity contribution in [3.8, 4) is 6.07 Å². The summed E-state index contributed by atoms with van der Waals surface area (Å²) in [6.45, 7) is 2.52. The van der Waals surface area contributed by atoms with Gasteiger partial charge in [-0.15, -0.1) is 0 Å². The molecule has 5 nitrogen and oxygen atoms in total. The first-order chi connectivity index (χ1) is 11.1. The Morgan fingerprint density at radius 2 is 2.04 bits per heavy atom. The van der Waals surface area contributed by atoms with Gasteiger partial charge in [0, 0.05) is 25.8 Å². The molecule has 0 atom stereocenters. The van der Waals surface area contributed by atoms with Gasteiger partial charge >= 0.3 is 0 Å². The molecule has 5 heteroatoms. The second-order valence-corrected chi connectivity index (χ2v) is 6.02. The van der Waals surface area contributed by atoms with E-state index in [2.05, 4.69) is 17.3 Å². The average Bonchev–Trinajstić information content (AvgIpc) is 2.59. The molecule has 1 aromatic rings. The SMILES string of the molecule is CN1CCC(N(C)/C=C(/C#N)C(=O)NCc2ccccc2)CC1. The third-order valence-electron chi connectivity index (χ3n) is 4.26. The van der Waals surface area contributed by atoms with Crippen LogP contribution >= 0.6 is 0 Å². The number of nitrogens with zero attached hydrogens (tertiary/aromatic N) is 3. The van der Waals surface area contributed by atoms with Gasteiger partial charge in [0.1, 0.15) is 11.6 Å². The minimum atomic E-state index is -0.323. The average molecular weight is 312 g/mol. The van der Waals surface area contributed by atoms with Gasteiger partial charge in [0.2, 0.25) is 0 Å². The molecule has 1 amide bonds. The molecule has 1 heterocycles. The van der Waals surface area contributed by atoms with E-state index >= 15 is 0 Å². The summed E-state index contributed by atoms with van der Waals surface area (Å²) in [7, 11) is 4.06. The van der Waals surface area contributed by atoms with Crippen molar-refractivity contribution in [2.24, 2.45) is 0 Å². The van der Waals surface area contributed by atoms with Crippen molar-refractivity contribution >= 4 is 5.91 Å². The predicted octanol–water partition coefficient (Wildman–Crippen LogP) is 1.74. The fraction of sp³-hybridized carbons (Fsp3) is 0.444. The lowest BCUT2D eigenvalue weighted by Crippen LogP contribution is -2.40. The molecule has 0 spiro atoms. The van der Waals surface area contributed by atoms with Crippen molar-refractivity contribution in [3.63, 3.8) is 0 Å². The third-order valence-corrected chi connectivity index (χ3v) is 4.26. The van der Waals surface area contributed by atoms with E-state index in [1.165, 1.54) is 0 Å². The Kier molecular flexibility index (Phi) is 6.19. The fourth-order valence-electron chi connectivity index (χ4n) is 2.72. The van der Waals surface area contributed by atoms with Gasteiger partial charge in [-0.05, 0) is 38.5 Å². The second-order valence-electron chi connectivity index (χ2n) is 6.02. The van der Waals surface area contributed by atoms with Crippen molar-refractivity contribution < 1.29 is 4.79 Å². The Morgan fingerprint density at radius 3 is 2.65 bits per heavy atom. The Labute approximate surface area is 138 Å². The van der Waals surface area contributed by atoms with Crippen LogP contribution in [0.25, 0.3) is 0 Å². The molecule has 1 aliphatic rings. The van der Waals surface area contributed by atoms with Gasteiger partial charge in [0.25, 0.3) is 5.91 Å². The molecule has 23 heavy (non-hydrogen) atoms. The largest absolute Gasteiger partial charge is 0.376 e. The topological polar surface area (TPSA) is 59.4 Å². The number of piperidine rings is 1. The highest BCUT2D eigenvalue weighted by Crippen LogP contribution is 2.15. The van der Waals surface area contributed by atoms with Crippen molar-refractivity contribution in [1.82, 2.24) is 15.1 Å². The molecule has 1 saturated heterocycles. The zero-order valence-electron chi connectivity index (χ0n) is 13.8. The van der Waals surface area contributed by atoms with Crippen LogP contribution in [-0.2, 0) is 11.3 Å². The molecule has 0 aromatic heterocycles. The van der Waals surface area contributed by atoms with Crippen LogP contribution in [0.1, 0.15) is 18.4 Å². The van der Waals surface area contributed by atoms with Crippen LogP contribution in [0.5, 0.6) is 0 Å². The Hall–Kier alpha value is -2.32. The summed E-state index contributed by atoms with van der Waals surface area (Å²) in [5, 5.41) is 12.1. The molecular weight excluding hydrogens is 288 g/mol. The van der Waals surface area contributed by atoms with Gasteiger partial charge in [-0.1, -0.05) is 30.3 Å². The summed E-state index contributed by atoms with van der Waals surface area (Å²) < 4.78 is 0. The quantitative estimate of drug-likeness (QED) is 0.664. The van der Waals surface area contributed by atoms with Gasteiger partial charge in [0.15, 0.2) is 0 Å². The zero-order valence-corrected chi connectivity index (χ0v) is 13.8. The highest BCUT2D eigenvalue weighted by Gasteiger charge is 2.20. The molecular formula is C18H24N4O. The van der Waals surface area contributed by atoms with E-state index in [-0.39, 0.29) is 11.5 Å². The van der Waals surface area contributed by atoms with E-state index in [9.17, 15) is 10.1 Å². The maximum Gasteiger partial charge on any atom is 0.263 e. The van der Waals surface area contributed by atoms with Gasteiger partial charge in [-0.2, -0.15) is 5.26 Å². The molecule has 1 aromatic carbocycles. The van der Waals surface area contributed by atoms with Crippen molar-refractivity contribution in [3.05, 3.63) is 47.7 Å². The van der Waals surface area contributed by atoms with E-state index in [4.69, 9.17) is 0 Å². The normalized spacial score (nSPS) is 16.7. The van der Waals surface area contributed by atoms with Crippen LogP contribution in [-0.4, -0.2) is 48.9 Å². The van der Waals surface area contributed by atoms with Crippen LogP contribution in [0.2, 0.25) is 0 Å². The molecule has 0 saturated carbocycles. The highest BCUT2D eigenvalue weighted by atomic mass is 16.1. The monoisotopic (exact) mass is 312 g/mol. The number of rotatable bonds is 5. The Morgan fingerprint density at radius 1 is 1.39 bits per heavy atom. The summed E-state index contributed by atoms with van der Waals surface area (Å²) in [5.41, 5.74) is 1.17. The van der Waals surface area contributed by atoms with Crippen LogP contribution in [0.3, 0.4) is 0 Å². The van der Waals surface area contributed by atoms with Crippen LogP contribution in [0.15, 0.2) is 42.1 Å². The first-order valence-electron chi connectivity index (χ1n) is 7.94. The maximum absolute atomic E-state index is 12.2. The molecule has 2 rings (SSSR count). The Balaban J connectivity index is 1.92. The fourth-order valence-corrected chi connectivity index (χ4v) is 2.72. The van der Waals surface area contributed by atoms with Crippen LogP contribution in [0, 0.1) is 11.3 Å². The number of hydrogen-bond acceptors (Lipinski definition) is 4. The lowest BCUT2D eigenvalue weighted by Gasteiger charge is -2.34. The number of nitriles is 1. The number of carbonyl (C=O) groups excluding carboxylic acids is 1. The molecule has 1 aliphatic heterocycles. The van der Waals surface area contributed by atoms with Crippen molar-refractivity contribution in [2.45, 2.75) is 25.4 Å². The lowest BCUT2D eigenvalue weighted by atomic mass is 10.0. The third kappa shape index (κ3) is 5.11. The summed E-state index contributed by atoms with van der Waals surface area (Å²) in [6.07, 6.45) is 3.78. The van der Waals surface area contributed by atoms with Gasteiger partial charge < -0.3 is 15.1 Å². The summed E-state index contributed by atoms with van der Waals surface area (Å²) in [5.74, 6) is -0.323. The number of carbonyl (C=O) groups is 1. The number of likely N-dealkylation sites (tertiary alicyclic amines) is 1. The van der Waals surface area contributed by atoms with Crippen LogP contribution in [0.4, 0.5) is 0 Å². The molecule has 1 N–H and O–H groups in total. The first-order valence-corrected chi connectivity index (χ1v) is 7.94. The number of benzene rings is 1. The minimum Gasteiger partial charge on any atom is -0.376 e. The van der Waals surface area contributed by atoms with E-state index in [0.29, 0.717) is 12.6 Å². The molecule has 0 unspecified atom stereocenters. The molecule has 1 fully saturated rings. The predicted molar refractivity (Wildman–Crippen MR) is 90.3 cm³/mol. The molecule has 0 radical (unpaired) electrons. The lowest BCUT2D eigenvalue weighted by molar-refractivity contribution is -0.117. The zero-order chi connectivity index (χ0) is 16.7. The summed E-state index contributed by atoms with van der Waals surface area (Å²) >= 11 is 0. The molecule has 122 valence electrons. The standard InChI is InChI=1S/C18H24N4O/c1-21-10-8-17(9-11-21)22(2)14-16(12-19)18(23)20-13-15-6-4-3-5-7-15/h3-7,14,17H,8-11,13H2,1-2H3,(H,20,23)/b16-14-. The molecule has 0 aliphatic carbocycles. The number of hydrogen-bond donors (Lipinski definition) is 1. The Bertz CT molecular complexity index is 583. The second kappa shape index (κ2) is 8.35. The van der Waals surface area contributed by atoms with E-state index < -0.39 is 0 Å². The molecule has 0 bridgehead atoms. The van der Waals surface area contributed by atoms with E-state index in [0.717, 1.165) is 31.5 Å². The van der Waals surface area contributed by atoms with Crippen molar-refractivity contribution in [2.75, 3.05) is 27.2 Å². The van der Waals surface area contributed by atoms with Crippen LogP contribution < -0.4 is 5.32 Å². The maximum atomic E-state index is 12.2. The summed E-state index contributed by atoms with van der Waals surface area (Å²) in [4.78, 5) is 16.5. The number of amides is 1. The summed E-state index contributed by atoms with van der Waals surface area (Å²) in [6, 6.07) is 12.1. The highest BCUT2D eigenvalue weighted by molar-refractivity contribution is 5.97.